The minimum Gasteiger partial charge on any atom is -0.340 e. The number of amides is 1. The second-order valence-electron chi connectivity index (χ2n) is 7.55. The molecule has 0 unspecified atom stereocenters. The van der Waals surface area contributed by atoms with Crippen molar-refractivity contribution in [2.75, 3.05) is 0 Å². The van der Waals surface area contributed by atoms with Crippen molar-refractivity contribution in [3.05, 3.63) is 110 Å². The van der Waals surface area contributed by atoms with Crippen molar-refractivity contribution in [2.45, 2.75) is 19.9 Å². The third-order valence-corrected chi connectivity index (χ3v) is 5.86. The minimum atomic E-state index is -0.497. The number of benzene rings is 3. The number of nitro groups is 1. The van der Waals surface area contributed by atoms with Crippen LogP contribution in [0.15, 0.2) is 77.9 Å². The molecule has 166 valence electrons. The highest BCUT2D eigenvalue weighted by Crippen LogP contribution is 2.27. The van der Waals surface area contributed by atoms with E-state index >= 15 is 0 Å². The molecular formula is C25H21ClN4O3. The van der Waals surface area contributed by atoms with E-state index in [-0.39, 0.29) is 12.1 Å². The standard InChI is InChI=1S/C25H21ClN4O3/c1-17-21(15-27-28-25(31)14-18-8-3-6-12-23(18)30(32)33)20-10-4-7-13-24(20)29(17)16-19-9-2-5-11-22(19)26/h2-13,15H,14,16H2,1H3,(H,28,31)/b27-15+. The number of fused-ring (bicyclic) bond motifs is 1. The van der Waals surface area contributed by atoms with Crippen LogP contribution < -0.4 is 5.43 Å². The highest BCUT2D eigenvalue weighted by molar-refractivity contribution is 6.31. The molecule has 0 radical (unpaired) electrons. The number of para-hydroxylation sites is 2. The Bertz CT molecular complexity index is 1380. The van der Waals surface area contributed by atoms with Crippen LogP contribution >= 0.6 is 11.6 Å². The summed E-state index contributed by atoms with van der Waals surface area (Å²) in [5.74, 6) is -0.432. The van der Waals surface area contributed by atoms with E-state index in [9.17, 15) is 14.9 Å². The summed E-state index contributed by atoms with van der Waals surface area (Å²) in [6, 6.07) is 21.8. The predicted molar refractivity (Wildman–Crippen MR) is 130 cm³/mol. The van der Waals surface area contributed by atoms with Gasteiger partial charge in [-0.15, -0.1) is 0 Å². The zero-order valence-corrected chi connectivity index (χ0v) is 18.6. The fourth-order valence-electron chi connectivity index (χ4n) is 3.84. The summed E-state index contributed by atoms with van der Waals surface area (Å²) < 4.78 is 2.16. The van der Waals surface area contributed by atoms with Gasteiger partial charge in [-0.3, -0.25) is 14.9 Å². The van der Waals surface area contributed by atoms with Crippen LogP contribution in [0, 0.1) is 17.0 Å². The van der Waals surface area contributed by atoms with Crippen LogP contribution in [0.2, 0.25) is 5.02 Å². The van der Waals surface area contributed by atoms with Gasteiger partial charge in [0.1, 0.15) is 0 Å². The second kappa shape index (κ2) is 9.67. The van der Waals surface area contributed by atoms with Crippen LogP contribution in [0.1, 0.15) is 22.4 Å². The van der Waals surface area contributed by atoms with Crippen molar-refractivity contribution in [3.8, 4) is 0 Å². The number of hydrogen-bond donors (Lipinski definition) is 1. The van der Waals surface area contributed by atoms with Gasteiger partial charge in [-0.25, -0.2) is 5.43 Å². The van der Waals surface area contributed by atoms with Crippen LogP contribution in [-0.4, -0.2) is 21.6 Å². The van der Waals surface area contributed by atoms with Crippen molar-refractivity contribution in [2.24, 2.45) is 5.10 Å². The average molecular weight is 461 g/mol. The fraction of sp³-hybridized carbons (Fsp3) is 0.120. The Morgan fingerprint density at radius 3 is 2.48 bits per heavy atom. The maximum Gasteiger partial charge on any atom is 0.273 e. The second-order valence-corrected chi connectivity index (χ2v) is 7.96. The highest BCUT2D eigenvalue weighted by Gasteiger charge is 2.16. The van der Waals surface area contributed by atoms with E-state index in [1.807, 2.05) is 55.5 Å². The molecule has 0 saturated carbocycles. The van der Waals surface area contributed by atoms with Crippen molar-refractivity contribution in [3.63, 3.8) is 0 Å². The summed E-state index contributed by atoms with van der Waals surface area (Å²) in [7, 11) is 0. The predicted octanol–water partition coefficient (Wildman–Crippen LogP) is 5.25. The number of aromatic nitrogens is 1. The zero-order chi connectivity index (χ0) is 23.4. The zero-order valence-electron chi connectivity index (χ0n) is 17.9. The Balaban J connectivity index is 1.57. The molecule has 7 nitrogen and oxygen atoms in total. The molecule has 0 aliphatic rings. The number of carbonyl (C=O) groups excluding carboxylic acids is 1. The van der Waals surface area contributed by atoms with Crippen molar-refractivity contribution in [1.82, 2.24) is 9.99 Å². The molecule has 1 aromatic heterocycles. The topological polar surface area (TPSA) is 89.5 Å². The van der Waals surface area contributed by atoms with Gasteiger partial charge in [-0.1, -0.05) is 66.2 Å². The van der Waals surface area contributed by atoms with Gasteiger partial charge in [0.25, 0.3) is 5.69 Å². The Kier molecular flexibility index (Phi) is 6.51. The van der Waals surface area contributed by atoms with Gasteiger partial charge < -0.3 is 4.57 Å². The molecule has 8 heteroatoms. The monoisotopic (exact) mass is 460 g/mol. The van der Waals surface area contributed by atoms with E-state index in [1.165, 1.54) is 6.07 Å². The Morgan fingerprint density at radius 2 is 1.73 bits per heavy atom. The Morgan fingerprint density at radius 1 is 1.06 bits per heavy atom. The fourth-order valence-corrected chi connectivity index (χ4v) is 4.04. The van der Waals surface area contributed by atoms with Gasteiger partial charge in [-0.2, -0.15) is 5.10 Å². The number of rotatable bonds is 7. The summed E-state index contributed by atoms with van der Waals surface area (Å²) in [5.41, 5.74) is 6.62. The maximum atomic E-state index is 12.3. The number of carbonyl (C=O) groups is 1. The molecule has 0 aliphatic carbocycles. The molecule has 1 heterocycles. The molecule has 0 atom stereocenters. The quantitative estimate of drug-likeness (QED) is 0.232. The first-order valence-corrected chi connectivity index (χ1v) is 10.7. The van der Waals surface area contributed by atoms with Crippen LogP contribution in [0.5, 0.6) is 0 Å². The normalized spacial score (nSPS) is 11.2. The first kappa shape index (κ1) is 22.2. The summed E-state index contributed by atoms with van der Waals surface area (Å²) >= 11 is 6.37. The first-order chi connectivity index (χ1) is 16.0. The van der Waals surface area contributed by atoms with Crippen molar-refractivity contribution >= 4 is 40.3 Å². The Hall–Kier alpha value is -3.97. The minimum absolute atomic E-state index is 0.0879. The molecule has 0 aliphatic heterocycles. The van der Waals surface area contributed by atoms with Gasteiger partial charge in [0.2, 0.25) is 5.91 Å². The number of hydrazone groups is 1. The van der Waals surface area contributed by atoms with E-state index < -0.39 is 10.8 Å². The molecule has 3 aromatic carbocycles. The van der Waals surface area contributed by atoms with E-state index in [0.717, 1.165) is 27.7 Å². The van der Waals surface area contributed by atoms with E-state index in [1.54, 1.807) is 24.4 Å². The third kappa shape index (κ3) is 4.78. The number of hydrogen-bond acceptors (Lipinski definition) is 4. The molecule has 0 bridgehead atoms. The smallest absolute Gasteiger partial charge is 0.273 e. The molecular weight excluding hydrogens is 440 g/mol. The number of nitro benzene ring substituents is 1. The summed E-state index contributed by atoms with van der Waals surface area (Å²) in [4.78, 5) is 23.0. The molecule has 4 rings (SSSR count). The summed E-state index contributed by atoms with van der Waals surface area (Å²) in [5, 5.41) is 17.0. The van der Waals surface area contributed by atoms with E-state index in [0.29, 0.717) is 17.1 Å². The first-order valence-electron chi connectivity index (χ1n) is 10.3. The van der Waals surface area contributed by atoms with Crippen LogP contribution in [0.4, 0.5) is 5.69 Å². The molecule has 1 N–H and O–H groups in total. The lowest BCUT2D eigenvalue weighted by Gasteiger charge is -2.10. The maximum absolute atomic E-state index is 12.3. The van der Waals surface area contributed by atoms with E-state index in [2.05, 4.69) is 15.1 Å². The van der Waals surface area contributed by atoms with Crippen LogP contribution in [0.25, 0.3) is 10.9 Å². The lowest BCUT2D eigenvalue weighted by Crippen LogP contribution is -2.20. The van der Waals surface area contributed by atoms with Crippen molar-refractivity contribution < 1.29 is 9.72 Å². The molecule has 0 saturated heterocycles. The molecule has 0 spiro atoms. The number of nitrogens with one attached hydrogen (secondary N) is 1. The molecule has 33 heavy (non-hydrogen) atoms. The number of nitrogens with zero attached hydrogens (tertiary/aromatic N) is 3. The lowest BCUT2D eigenvalue weighted by atomic mass is 10.1. The largest absolute Gasteiger partial charge is 0.340 e. The lowest BCUT2D eigenvalue weighted by molar-refractivity contribution is -0.385. The molecule has 1 amide bonds. The van der Waals surface area contributed by atoms with Crippen LogP contribution in [0.3, 0.4) is 0 Å². The Labute approximate surface area is 195 Å². The average Bonchev–Trinajstić information content (AvgIpc) is 3.07. The van der Waals surface area contributed by atoms with Gasteiger partial charge in [0.15, 0.2) is 0 Å². The van der Waals surface area contributed by atoms with Crippen molar-refractivity contribution in [1.29, 1.82) is 0 Å². The van der Waals surface area contributed by atoms with Gasteiger partial charge in [-0.05, 0) is 24.6 Å². The van der Waals surface area contributed by atoms with E-state index in [4.69, 9.17) is 11.6 Å². The summed E-state index contributed by atoms with van der Waals surface area (Å²) in [6.07, 6.45) is 1.47. The SMILES string of the molecule is Cc1c(/C=N/NC(=O)Cc2ccccc2[N+](=O)[O-])c2ccccc2n1Cc1ccccc1Cl. The highest BCUT2D eigenvalue weighted by atomic mass is 35.5. The van der Waals surface area contributed by atoms with Crippen LogP contribution in [-0.2, 0) is 17.8 Å². The summed E-state index contributed by atoms with van der Waals surface area (Å²) in [6.45, 7) is 2.59. The molecule has 4 aromatic rings. The number of halogens is 1. The van der Waals surface area contributed by atoms with Gasteiger partial charge >= 0.3 is 0 Å². The van der Waals surface area contributed by atoms with Gasteiger partial charge in [0.05, 0.1) is 17.6 Å². The molecule has 0 fully saturated rings. The van der Waals surface area contributed by atoms with Gasteiger partial charge in [0, 0.05) is 45.4 Å². The third-order valence-electron chi connectivity index (χ3n) is 5.49.